The van der Waals surface area contributed by atoms with Crippen molar-refractivity contribution >= 4 is 34.0 Å². The van der Waals surface area contributed by atoms with Crippen molar-refractivity contribution in [2.24, 2.45) is 5.92 Å². The van der Waals surface area contributed by atoms with Crippen molar-refractivity contribution in [2.45, 2.75) is 38.3 Å². The number of nitrogens with zero attached hydrogens (tertiary/aromatic N) is 10. The molecule has 9 aromatic rings. The Kier molecular flexibility index (Phi) is 14.6. The van der Waals surface area contributed by atoms with Crippen molar-refractivity contribution in [3.8, 4) is 68.3 Å². The fourth-order valence-corrected chi connectivity index (χ4v) is 11.3. The highest BCUT2D eigenvalue weighted by Crippen LogP contribution is 2.39. The predicted octanol–water partition coefficient (Wildman–Crippen LogP) is 10.8. The third kappa shape index (κ3) is 11.0. The van der Waals surface area contributed by atoms with E-state index in [1.807, 2.05) is 98.8 Å². The second kappa shape index (κ2) is 22.8. The Bertz CT molecular complexity index is 3620. The molecule has 80 heavy (non-hydrogen) atoms. The summed E-state index contributed by atoms with van der Waals surface area (Å²) in [6.45, 7) is 8.85. The van der Waals surface area contributed by atoms with Crippen molar-refractivity contribution in [3.63, 3.8) is 0 Å². The van der Waals surface area contributed by atoms with Gasteiger partial charge in [0.2, 0.25) is 13.6 Å². The van der Waals surface area contributed by atoms with Crippen LogP contribution in [0, 0.1) is 5.92 Å². The number of piperazine rings is 1. The third-order valence-corrected chi connectivity index (χ3v) is 15.9. The van der Waals surface area contributed by atoms with E-state index in [2.05, 4.69) is 62.2 Å². The van der Waals surface area contributed by atoms with E-state index in [0.29, 0.717) is 44.9 Å². The molecule has 0 saturated carbocycles. The summed E-state index contributed by atoms with van der Waals surface area (Å²) in [5.74, 6) is 5.15. The van der Waals surface area contributed by atoms with Crippen molar-refractivity contribution < 1.29 is 41.6 Å². The summed E-state index contributed by atoms with van der Waals surface area (Å²) in [4.78, 5) is 23.5. The largest absolute Gasteiger partial charge is 0.486 e. The minimum Gasteiger partial charge on any atom is -0.486 e. The lowest BCUT2D eigenvalue weighted by Gasteiger charge is -2.35. The fourth-order valence-electron chi connectivity index (χ4n) is 11.3. The van der Waals surface area contributed by atoms with Gasteiger partial charge in [0, 0.05) is 148 Å². The molecular weight excluding hydrogens is 1030 g/mol. The number of alkyl halides is 3. The lowest BCUT2D eigenvalue weighted by atomic mass is 9.94. The van der Waals surface area contributed by atoms with Crippen LogP contribution in [0.5, 0.6) is 34.5 Å². The number of fused-ring (bicyclic) bond motifs is 6. The first kappa shape index (κ1) is 51.1. The maximum atomic E-state index is 13.3. The maximum absolute atomic E-state index is 13.3. The first-order valence-electron chi connectivity index (χ1n) is 27.8. The maximum Gasteiger partial charge on any atom is 0.231 e. The molecule has 19 heteroatoms. The summed E-state index contributed by atoms with van der Waals surface area (Å²) in [6.07, 6.45) is 15.5. The smallest absolute Gasteiger partial charge is 0.231 e. The molecular formula is C61H63F3N10O6. The number of pyridine rings is 3. The van der Waals surface area contributed by atoms with E-state index in [4.69, 9.17) is 43.4 Å². The fraction of sp³-hybridized carbons (Fsp3) is 0.361. The van der Waals surface area contributed by atoms with Crippen molar-refractivity contribution in [1.82, 2.24) is 33.1 Å². The Morgan fingerprint density at radius 2 is 0.825 bits per heavy atom. The van der Waals surface area contributed by atoms with Crippen LogP contribution in [-0.4, -0.2) is 138 Å². The van der Waals surface area contributed by atoms with E-state index >= 15 is 0 Å². The molecule has 6 aliphatic rings. The van der Waals surface area contributed by atoms with Crippen LogP contribution in [0.3, 0.4) is 0 Å². The van der Waals surface area contributed by atoms with Crippen molar-refractivity contribution in [2.75, 3.05) is 114 Å². The van der Waals surface area contributed by atoms with Gasteiger partial charge in [-0.2, -0.15) is 0 Å². The number of aromatic nitrogens is 6. The normalized spacial score (nSPS) is 17.2. The van der Waals surface area contributed by atoms with Gasteiger partial charge >= 0.3 is 0 Å². The molecule has 0 N–H and O–H groups in total. The van der Waals surface area contributed by atoms with E-state index in [0.717, 1.165) is 162 Å². The van der Waals surface area contributed by atoms with Gasteiger partial charge in [-0.1, -0.05) is 0 Å². The molecule has 0 radical (unpaired) electrons. The SMILES string of the molecule is FC1CCN(c2ccn3cc(-c4ccc5c(c4)OCO5)nc3c2)CC1.FCCC1CCN(c2ccn3cc(-c4ccc5c(c4)OCCO5)nc3c2)CC1.FCCN1CCN(c2ccn3cc(-c4ccc5c(c4)OCO5)nc3c2)CC1. The van der Waals surface area contributed by atoms with Gasteiger partial charge in [0.15, 0.2) is 34.5 Å². The number of hydrogen-bond donors (Lipinski definition) is 0. The molecule has 0 bridgehead atoms. The van der Waals surface area contributed by atoms with Gasteiger partial charge < -0.3 is 56.3 Å². The zero-order valence-corrected chi connectivity index (χ0v) is 44.5. The highest BCUT2D eigenvalue weighted by atomic mass is 19.1. The Morgan fingerprint density at radius 1 is 0.425 bits per heavy atom. The van der Waals surface area contributed by atoms with Crippen LogP contribution in [0.25, 0.3) is 50.7 Å². The van der Waals surface area contributed by atoms with E-state index in [1.165, 1.54) is 5.69 Å². The zero-order chi connectivity index (χ0) is 53.9. The lowest BCUT2D eigenvalue weighted by molar-refractivity contribution is 0.171. The molecule has 0 amide bonds. The standard InChI is InChI=1S/C22H24FN3O2.C20H21FN4O2.C19H18FN3O2/c23-7-3-16-4-8-25(9-5-16)18-6-10-26-15-19(24-22(26)14-18)17-1-2-20-21(13-17)28-12-11-27-20;21-4-6-23-7-9-24(10-8-23)16-3-5-25-13-17(22-20(25)12-16)15-1-2-18-19(11-15)27-14-26-18;20-14-3-6-22(7-4-14)15-5-8-23-11-16(21-19(23)10-15)13-1-2-17-18(9-13)25-12-24-17/h1-2,6,10,13-16H,3-5,7-9,11-12H2;1-3,5,11-13H,4,6-10,14H2;1-2,5,8-11,14H,3-4,6-7,12H2. The average molecular weight is 1090 g/mol. The molecule has 6 aliphatic heterocycles. The van der Waals surface area contributed by atoms with Gasteiger partial charge in [0.25, 0.3) is 0 Å². The minimum absolute atomic E-state index is 0.201. The van der Waals surface area contributed by atoms with Crippen LogP contribution in [0.2, 0.25) is 0 Å². The molecule has 3 fully saturated rings. The van der Waals surface area contributed by atoms with E-state index < -0.39 is 6.17 Å². The molecule has 414 valence electrons. The van der Waals surface area contributed by atoms with E-state index in [9.17, 15) is 13.2 Å². The average Bonchev–Trinajstić information content (AvgIpc) is 4.47. The molecule has 0 atom stereocenters. The number of benzene rings is 3. The molecule has 3 aromatic carbocycles. The third-order valence-electron chi connectivity index (χ3n) is 15.9. The second-order valence-corrected chi connectivity index (χ2v) is 20.9. The number of piperidine rings is 2. The molecule has 3 saturated heterocycles. The van der Waals surface area contributed by atoms with Gasteiger partial charge in [-0.05, 0) is 111 Å². The van der Waals surface area contributed by atoms with Gasteiger partial charge in [-0.15, -0.1) is 0 Å². The van der Waals surface area contributed by atoms with Crippen LogP contribution in [0.4, 0.5) is 30.2 Å². The topological polar surface area (TPSA) is 120 Å². The number of hydrogen-bond acceptors (Lipinski definition) is 13. The number of rotatable bonds is 10. The molecule has 0 unspecified atom stereocenters. The van der Waals surface area contributed by atoms with Gasteiger partial charge in [0.05, 0.1) is 23.8 Å². The van der Waals surface area contributed by atoms with E-state index in [1.54, 1.807) is 0 Å². The summed E-state index contributed by atoms with van der Waals surface area (Å²) in [5, 5.41) is 0. The minimum atomic E-state index is -0.663. The number of anilines is 3. The van der Waals surface area contributed by atoms with Crippen LogP contribution in [0.15, 0.2) is 128 Å². The molecule has 12 heterocycles. The van der Waals surface area contributed by atoms with Crippen LogP contribution in [0.1, 0.15) is 32.1 Å². The lowest BCUT2D eigenvalue weighted by Crippen LogP contribution is -2.47. The Balaban J connectivity index is 0.000000114. The van der Waals surface area contributed by atoms with Crippen LogP contribution >= 0.6 is 0 Å². The van der Waals surface area contributed by atoms with Crippen molar-refractivity contribution in [1.29, 1.82) is 0 Å². The predicted molar refractivity (Wildman–Crippen MR) is 302 cm³/mol. The number of halogens is 3. The second-order valence-electron chi connectivity index (χ2n) is 20.9. The monoisotopic (exact) mass is 1090 g/mol. The highest BCUT2D eigenvalue weighted by molar-refractivity contribution is 5.71. The van der Waals surface area contributed by atoms with Gasteiger partial charge in [-0.3, -0.25) is 9.29 Å². The Hall–Kier alpha value is -8.32. The summed E-state index contributed by atoms with van der Waals surface area (Å²) in [6, 6.07) is 30.3. The van der Waals surface area contributed by atoms with E-state index in [-0.39, 0.29) is 26.9 Å². The molecule has 0 spiro atoms. The summed E-state index contributed by atoms with van der Waals surface area (Å²) in [7, 11) is 0. The molecule has 16 nitrogen and oxygen atoms in total. The highest BCUT2D eigenvalue weighted by Gasteiger charge is 2.24. The molecule has 0 aliphatic carbocycles. The number of ether oxygens (including phenoxy) is 6. The van der Waals surface area contributed by atoms with Crippen LogP contribution in [-0.2, 0) is 0 Å². The molecule has 6 aromatic heterocycles. The van der Waals surface area contributed by atoms with Crippen LogP contribution < -0.4 is 43.1 Å². The van der Waals surface area contributed by atoms with Gasteiger partial charge in [0.1, 0.15) is 43.0 Å². The first-order chi connectivity index (χ1) is 39.4. The first-order valence-corrected chi connectivity index (χ1v) is 27.8. The molecule has 15 rings (SSSR count). The Morgan fingerprint density at radius 3 is 1.27 bits per heavy atom. The van der Waals surface area contributed by atoms with Crippen molar-refractivity contribution in [3.05, 3.63) is 128 Å². The Labute approximate surface area is 461 Å². The number of imidazole rings is 3. The summed E-state index contributed by atoms with van der Waals surface area (Å²) in [5.41, 5.74) is 11.9. The summed E-state index contributed by atoms with van der Waals surface area (Å²) >= 11 is 0. The zero-order valence-electron chi connectivity index (χ0n) is 44.5. The quantitative estimate of drug-likeness (QED) is 0.129. The summed E-state index contributed by atoms with van der Waals surface area (Å²) < 4.78 is 77.5. The van der Waals surface area contributed by atoms with Gasteiger partial charge in [-0.25, -0.2) is 23.7 Å².